The topological polar surface area (TPSA) is 83.0 Å². The van der Waals surface area contributed by atoms with Gasteiger partial charge in [-0.2, -0.15) is 3.89 Å². The Morgan fingerprint density at radius 1 is 1.35 bits per heavy atom. The average Bonchev–Trinajstić information content (AvgIpc) is 2.68. The Hall–Kier alpha value is -1.51. The average molecular weight is 395 g/mol. The second-order valence-corrected chi connectivity index (χ2v) is 6.00. The molecule has 2 atom stereocenters. The van der Waals surface area contributed by atoms with Crippen LogP contribution in [0.4, 0.5) is 8.68 Å². The lowest BCUT2D eigenvalue weighted by Gasteiger charge is -2.40. The number of likely N-dealkylation sites (tertiary alicyclic amines) is 1. The lowest BCUT2D eigenvalue weighted by atomic mass is 10.00. The lowest BCUT2D eigenvalue weighted by molar-refractivity contribution is -0.132. The lowest BCUT2D eigenvalue weighted by Crippen LogP contribution is -2.58. The number of carbonyl (C=O) groups is 2. The highest BCUT2D eigenvalue weighted by molar-refractivity contribution is 7.95. The van der Waals surface area contributed by atoms with Crippen LogP contribution in [0.15, 0.2) is 4.99 Å². The number of nitrogens with zero attached hydrogens (tertiary/aromatic N) is 2. The predicted octanol–water partition coefficient (Wildman–Crippen LogP) is 3.01. The molecule has 2 N–H and O–H groups in total. The van der Waals surface area contributed by atoms with E-state index in [2.05, 4.69) is 34.2 Å². The first-order valence-electron chi connectivity index (χ1n) is 9.03. The van der Waals surface area contributed by atoms with Gasteiger partial charge >= 0.3 is 6.09 Å². The van der Waals surface area contributed by atoms with E-state index in [1.54, 1.807) is 19.0 Å². The molecule has 1 aliphatic heterocycles. The Balaban J connectivity index is 0. The van der Waals surface area contributed by atoms with Gasteiger partial charge in [-0.1, -0.05) is 34.1 Å². The molecule has 2 amide bonds. The number of hydrogen-bond donors (Lipinski definition) is 2. The zero-order chi connectivity index (χ0) is 20.5. The van der Waals surface area contributed by atoms with Crippen LogP contribution in [0.2, 0.25) is 0 Å². The third-order valence-corrected chi connectivity index (χ3v) is 4.08. The fourth-order valence-electron chi connectivity index (χ4n) is 2.37. The predicted molar refractivity (Wildman–Crippen MR) is 107 cm³/mol. The number of aliphatic imine (C=N–C) groups is 1. The van der Waals surface area contributed by atoms with Gasteiger partial charge in [0.15, 0.2) is 0 Å². The first-order valence-corrected chi connectivity index (χ1v) is 9.81. The van der Waals surface area contributed by atoms with Crippen molar-refractivity contribution >= 4 is 30.0 Å². The van der Waals surface area contributed by atoms with Crippen molar-refractivity contribution in [3.05, 3.63) is 0 Å². The largest absolute Gasteiger partial charge is 0.453 e. The number of likely N-dealkylation sites (N-methyl/N-ethyl adjacent to an activating group) is 1. The molecule has 154 valence electrons. The van der Waals surface area contributed by atoms with Crippen LogP contribution >= 0.6 is 12.1 Å². The zero-order valence-corrected chi connectivity index (χ0v) is 17.9. The van der Waals surface area contributed by atoms with Gasteiger partial charge in [0.25, 0.3) is 0 Å². The molecule has 1 saturated heterocycles. The summed E-state index contributed by atoms with van der Waals surface area (Å²) in [5.74, 6) is 0.261. The normalized spacial score (nSPS) is 19.2. The third kappa shape index (κ3) is 9.26. The summed E-state index contributed by atoms with van der Waals surface area (Å²) in [5.41, 5.74) is 0. The van der Waals surface area contributed by atoms with Crippen molar-refractivity contribution in [1.29, 1.82) is 0 Å². The first kappa shape index (κ1) is 26.7. The smallest absolute Gasteiger partial charge is 0.407 e. The molecular weight excluding hydrogens is 359 g/mol. The van der Waals surface area contributed by atoms with Crippen molar-refractivity contribution in [2.75, 3.05) is 34.3 Å². The fraction of sp³-hybridized carbons (Fsp3) is 0.824. The molecule has 1 aliphatic rings. The van der Waals surface area contributed by atoms with Crippen molar-refractivity contribution < 1.29 is 18.2 Å². The van der Waals surface area contributed by atoms with Crippen LogP contribution in [0.3, 0.4) is 0 Å². The molecule has 0 aromatic carbocycles. The Kier molecular flexibility index (Phi) is 17.4. The molecule has 0 radical (unpaired) electrons. The molecule has 7 nitrogen and oxygen atoms in total. The van der Waals surface area contributed by atoms with Crippen molar-refractivity contribution in [1.82, 2.24) is 15.5 Å². The van der Waals surface area contributed by atoms with Crippen LogP contribution < -0.4 is 10.6 Å². The number of amidine groups is 1. The molecule has 0 bridgehead atoms. The van der Waals surface area contributed by atoms with E-state index in [1.165, 1.54) is 13.5 Å². The van der Waals surface area contributed by atoms with Crippen LogP contribution in [0.1, 0.15) is 47.0 Å². The van der Waals surface area contributed by atoms with Gasteiger partial charge in [-0.25, -0.2) is 4.79 Å². The summed E-state index contributed by atoms with van der Waals surface area (Å²) in [6.07, 6.45) is 1.95. The SMILES string of the molecule is CC.CCC.CN=C(NC)[C@@H]1C(SF)CCCN1C(=O)CNC(=O)OC. The van der Waals surface area contributed by atoms with Gasteiger partial charge in [0.1, 0.15) is 18.4 Å². The molecular formula is C17H35FN4O3S. The van der Waals surface area contributed by atoms with Crippen molar-refractivity contribution in [2.45, 2.75) is 58.2 Å². The van der Waals surface area contributed by atoms with E-state index in [9.17, 15) is 13.5 Å². The van der Waals surface area contributed by atoms with E-state index in [4.69, 9.17) is 0 Å². The maximum absolute atomic E-state index is 13.2. The van der Waals surface area contributed by atoms with E-state index in [0.717, 1.165) is 0 Å². The van der Waals surface area contributed by atoms with Gasteiger partial charge in [0.05, 0.1) is 24.5 Å². The highest BCUT2D eigenvalue weighted by atomic mass is 32.2. The van der Waals surface area contributed by atoms with E-state index < -0.39 is 12.1 Å². The minimum Gasteiger partial charge on any atom is -0.453 e. The molecule has 0 aliphatic carbocycles. The van der Waals surface area contributed by atoms with Crippen molar-refractivity contribution in [3.63, 3.8) is 0 Å². The minimum absolute atomic E-state index is 0.187. The summed E-state index contributed by atoms with van der Waals surface area (Å²) in [4.78, 5) is 29.0. The maximum Gasteiger partial charge on any atom is 0.407 e. The molecule has 0 aromatic rings. The maximum atomic E-state index is 13.2. The van der Waals surface area contributed by atoms with E-state index in [0.29, 0.717) is 25.2 Å². The molecule has 26 heavy (non-hydrogen) atoms. The Morgan fingerprint density at radius 3 is 2.35 bits per heavy atom. The van der Waals surface area contributed by atoms with Crippen LogP contribution in [-0.4, -0.2) is 68.3 Å². The molecule has 1 heterocycles. The Bertz CT molecular complexity index is 425. The summed E-state index contributed by atoms with van der Waals surface area (Å²) in [6, 6.07) is -0.462. The highest BCUT2D eigenvalue weighted by Crippen LogP contribution is 2.29. The van der Waals surface area contributed by atoms with Gasteiger partial charge < -0.3 is 20.3 Å². The van der Waals surface area contributed by atoms with Gasteiger partial charge in [-0.3, -0.25) is 9.79 Å². The molecule has 0 saturated carbocycles. The molecule has 1 rings (SSSR count). The van der Waals surface area contributed by atoms with E-state index in [1.807, 2.05) is 13.8 Å². The number of rotatable bonds is 4. The number of hydrogen-bond acceptors (Lipinski definition) is 5. The van der Waals surface area contributed by atoms with Gasteiger partial charge in [-0.15, -0.1) is 0 Å². The Labute approximate surface area is 161 Å². The fourth-order valence-corrected chi connectivity index (χ4v) is 3.00. The molecule has 9 heteroatoms. The van der Waals surface area contributed by atoms with Gasteiger partial charge in [-0.05, 0) is 12.8 Å². The standard InChI is InChI=1S/C12H21FN4O3S.C3H8.C2H6/c1-14-11(15-2)10-8(21-13)5-4-6-17(10)9(18)7-16-12(19)20-3;1-3-2;1-2/h8,10H,4-7H2,1-3H3,(H,14,15)(H,16,19);3H2,1-2H3;1-2H3/t8?,10-;;/m0../s1. The van der Waals surface area contributed by atoms with Gasteiger partial charge in [0, 0.05) is 20.6 Å². The highest BCUT2D eigenvalue weighted by Gasteiger charge is 2.38. The number of nitrogens with one attached hydrogen (secondary N) is 2. The van der Waals surface area contributed by atoms with Crippen LogP contribution in [0.25, 0.3) is 0 Å². The number of carbonyl (C=O) groups excluding carboxylic acids is 2. The first-order chi connectivity index (χ1) is 12.5. The summed E-state index contributed by atoms with van der Waals surface area (Å²) in [6.45, 7) is 8.57. The quantitative estimate of drug-likeness (QED) is 0.566. The van der Waals surface area contributed by atoms with Crippen LogP contribution in [0, 0.1) is 0 Å². The summed E-state index contributed by atoms with van der Waals surface area (Å²) < 4.78 is 17.6. The van der Waals surface area contributed by atoms with Gasteiger partial charge in [0.2, 0.25) is 5.91 Å². The zero-order valence-electron chi connectivity index (χ0n) is 17.1. The number of piperidine rings is 1. The monoisotopic (exact) mass is 394 g/mol. The van der Waals surface area contributed by atoms with Crippen molar-refractivity contribution in [3.8, 4) is 0 Å². The molecule has 1 fully saturated rings. The number of methoxy groups -OCH3 is 1. The summed E-state index contributed by atoms with van der Waals surface area (Å²) in [5, 5.41) is 4.89. The molecule has 0 spiro atoms. The van der Waals surface area contributed by atoms with Crippen LogP contribution in [0.5, 0.6) is 0 Å². The van der Waals surface area contributed by atoms with E-state index in [-0.39, 0.29) is 29.8 Å². The number of halogens is 1. The number of ether oxygens (including phenoxy) is 1. The number of amides is 2. The van der Waals surface area contributed by atoms with Crippen molar-refractivity contribution in [2.24, 2.45) is 4.99 Å². The van der Waals surface area contributed by atoms with E-state index >= 15 is 0 Å². The molecule has 0 aromatic heterocycles. The van der Waals surface area contributed by atoms with Crippen LogP contribution in [-0.2, 0) is 9.53 Å². The summed E-state index contributed by atoms with van der Waals surface area (Å²) in [7, 11) is 4.50. The second-order valence-electron chi connectivity index (χ2n) is 5.21. The summed E-state index contributed by atoms with van der Waals surface area (Å²) >= 11 is 0.236. The second kappa shape index (κ2) is 16.9. The minimum atomic E-state index is -0.675. The molecule has 1 unspecified atom stereocenters. The third-order valence-electron chi connectivity index (χ3n) is 3.36. The Morgan fingerprint density at radius 2 is 1.92 bits per heavy atom. The number of alkyl carbamates (subject to hydrolysis) is 1.